The van der Waals surface area contributed by atoms with Crippen molar-refractivity contribution < 1.29 is 14.4 Å². The fraction of sp³-hybridized carbons (Fsp3) is 0.481. The van der Waals surface area contributed by atoms with Crippen LogP contribution in [-0.4, -0.2) is 60.5 Å². The molecule has 0 bridgehead atoms. The Morgan fingerprint density at radius 2 is 2.00 bits per heavy atom. The minimum Gasteiger partial charge on any atom is -0.397 e. The van der Waals surface area contributed by atoms with Crippen LogP contribution in [0.5, 0.6) is 0 Å². The molecule has 0 unspecified atom stereocenters. The Morgan fingerprint density at radius 3 is 2.64 bits per heavy atom. The molecule has 0 radical (unpaired) electrons. The van der Waals surface area contributed by atoms with Crippen LogP contribution in [0.1, 0.15) is 65.5 Å². The van der Waals surface area contributed by atoms with Crippen LogP contribution in [0.4, 0.5) is 0 Å². The first-order chi connectivity index (χ1) is 17.4. The average Bonchev–Trinajstić information content (AvgIpc) is 3.76. The summed E-state index contributed by atoms with van der Waals surface area (Å²) >= 11 is 2.11. The smallest absolute Gasteiger partial charge is 0.272 e. The maximum absolute atomic E-state index is 13.4. The third-order valence-corrected chi connectivity index (χ3v) is 8.60. The van der Waals surface area contributed by atoms with Gasteiger partial charge in [-0.15, -0.1) is 11.8 Å². The van der Waals surface area contributed by atoms with E-state index in [-0.39, 0.29) is 12.5 Å². The number of amides is 1. The molecule has 188 valence electrons. The molecule has 3 aromatic rings. The summed E-state index contributed by atoms with van der Waals surface area (Å²) in [7, 11) is 1.84. The number of aliphatic hydroxyl groups excluding tert-OH is 1. The van der Waals surface area contributed by atoms with Crippen molar-refractivity contribution >= 4 is 17.7 Å². The van der Waals surface area contributed by atoms with Gasteiger partial charge in [-0.1, -0.05) is 17.3 Å². The second kappa shape index (κ2) is 10.1. The van der Waals surface area contributed by atoms with Gasteiger partial charge in [0.05, 0.1) is 11.6 Å². The molecule has 1 amide bonds. The molecule has 0 atom stereocenters. The van der Waals surface area contributed by atoms with E-state index in [1.54, 1.807) is 23.7 Å². The van der Waals surface area contributed by atoms with Crippen molar-refractivity contribution in [3.8, 4) is 17.5 Å². The molecule has 9 heteroatoms. The van der Waals surface area contributed by atoms with E-state index in [1.807, 2.05) is 30.1 Å². The topological polar surface area (TPSA) is 108 Å². The number of fused-ring (bicyclic) bond motifs is 1. The van der Waals surface area contributed by atoms with Gasteiger partial charge in [0.15, 0.2) is 0 Å². The van der Waals surface area contributed by atoms with Gasteiger partial charge in [0, 0.05) is 54.8 Å². The number of hydrogen-bond donors (Lipinski definition) is 1. The zero-order chi connectivity index (χ0) is 25.3. The number of hydrogen-bond acceptors (Lipinski definition) is 7. The summed E-state index contributed by atoms with van der Waals surface area (Å²) < 4.78 is 7.59. The van der Waals surface area contributed by atoms with Gasteiger partial charge in [0.1, 0.15) is 22.8 Å². The molecule has 3 heterocycles. The molecule has 0 spiro atoms. The molecular formula is C27H31N5O3S. The van der Waals surface area contributed by atoms with E-state index >= 15 is 0 Å². The highest BCUT2D eigenvalue weighted by Crippen LogP contribution is 2.55. The predicted octanol–water partition coefficient (Wildman–Crippen LogP) is 3.96. The van der Waals surface area contributed by atoms with E-state index in [1.165, 1.54) is 25.7 Å². The van der Waals surface area contributed by atoms with Crippen LogP contribution in [0.15, 0.2) is 34.9 Å². The van der Waals surface area contributed by atoms with Gasteiger partial charge in [-0.05, 0) is 56.7 Å². The number of aromatic nitrogens is 3. The lowest BCUT2D eigenvalue weighted by atomic mass is 10.0. The molecule has 3 aliphatic rings. The third-order valence-electron chi connectivity index (χ3n) is 6.76. The molecule has 36 heavy (non-hydrogen) atoms. The fourth-order valence-corrected chi connectivity index (χ4v) is 6.32. The standard InChI is InChI=1S/C25H25N5O2S.C2H6O/c1-29-23-20(8-11-30(24(23)31)15-25(9-10-25)33-19-6-7-19)22(27-29)21-13-18(32-28-21)12-16-2-4-17(14-26)5-3-16;1-2-3/h2-5,13,19H,6-12,15H2,1H3;3H,2H2,1H3. The van der Waals surface area contributed by atoms with Crippen LogP contribution in [0, 0.1) is 11.3 Å². The maximum Gasteiger partial charge on any atom is 0.272 e. The summed E-state index contributed by atoms with van der Waals surface area (Å²) in [4.78, 5) is 15.4. The highest BCUT2D eigenvalue weighted by molar-refractivity contribution is 8.01. The van der Waals surface area contributed by atoms with Crippen LogP contribution in [0.2, 0.25) is 0 Å². The molecule has 1 aliphatic heterocycles. The van der Waals surface area contributed by atoms with Gasteiger partial charge < -0.3 is 14.5 Å². The molecule has 1 aromatic carbocycles. The van der Waals surface area contributed by atoms with E-state index in [0.29, 0.717) is 28.1 Å². The second-order valence-electron chi connectivity index (χ2n) is 9.76. The molecule has 2 aromatic heterocycles. The zero-order valence-corrected chi connectivity index (χ0v) is 21.6. The van der Waals surface area contributed by atoms with Crippen LogP contribution < -0.4 is 0 Å². The molecule has 0 saturated heterocycles. The number of benzene rings is 1. The third kappa shape index (κ3) is 5.20. The fourth-order valence-electron chi connectivity index (χ4n) is 4.67. The van der Waals surface area contributed by atoms with Crippen molar-refractivity contribution in [2.75, 3.05) is 19.7 Å². The number of carbonyl (C=O) groups excluding carboxylic acids is 1. The summed E-state index contributed by atoms with van der Waals surface area (Å²) in [5.41, 5.74) is 4.73. The van der Waals surface area contributed by atoms with Gasteiger partial charge in [-0.2, -0.15) is 10.4 Å². The summed E-state index contributed by atoms with van der Waals surface area (Å²) in [6, 6.07) is 11.5. The summed E-state index contributed by atoms with van der Waals surface area (Å²) in [5, 5.41) is 26.3. The SMILES string of the molecule is CCO.Cn1nc(-c2cc(Cc3ccc(C#N)cc3)on2)c2c1C(=O)N(CC1(SC3CC3)CC1)CC2. The van der Waals surface area contributed by atoms with Gasteiger partial charge in [-0.25, -0.2) is 0 Å². The quantitative estimate of drug-likeness (QED) is 0.518. The lowest BCUT2D eigenvalue weighted by Crippen LogP contribution is -2.43. The Hall–Kier alpha value is -3.09. The predicted molar refractivity (Wildman–Crippen MR) is 138 cm³/mol. The molecule has 2 aliphatic carbocycles. The number of rotatable bonds is 7. The van der Waals surface area contributed by atoms with Crippen molar-refractivity contribution in [2.24, 2.45) is 7.05 Å². The first-order valence-corrected chi connectivity index (χ1v) is 13.4. The van der Waals surface area contributed by atoms with Crippen LogP contribution in [-0.2, 0) is 19.9 Å². The van der Waals surface area contributed by atoms with Gasteiger partial charge in [-0.3, -0.25) is 9.48 Å². The molecule has 2 fully saturated rings. The Balaban J connectivity index is 0.000000848. The normalized spacial score (nSPS) is 17.7. The summed E-state index contributed by atoms with van der Waals surface area (Å²) in [6.07, 6.45) is 6.49. The number of nitrogens with zero attached hydrogens (tertiary/aromatic N) is 5. The highest BCUT2D eigenvalue weighted by Gasteiger charge is 2.49. The van der Waals surface area contributed by atoms with E-state index < -0.39 is 0 Å². The number of nitriles is 1. The van der Waals surface area contributed by atoms with Gasteiger partial charge in [0.2, 0.25) is 0 Å². The van der Waals surface area contributed by atoms with Crippen LogP contribution in [0.25, 0.3) is 11.4 Å². The zero-order valence-electron chi connectivity index (χ0n) is 20.7. The maximum atomic E-state index is 13.4. The number of thioether (sulfide) groups is 1. The second-order valence-corrected chi connectivity index (χ2v) is 11.5. The van der Waals surface area contributed by atoms with Gasteiger partial charge >= 0.3 is 0 Å². The Morgan fingerprint density at radius 1 is 1.28 bits per heavy atom. The van der Waals surface area contributed by atoms with Crippen molar-refractivity contribution in [3.05, 3.63) is 58.5 Å². The largest absolute Gasteiger partial charge is 0.397 e. The Kier molecular flexibility index (Phi) is 6.91. The van der Waals surface area contributed by atoms with E-state index in [9.17, 15) is 4.79 Å². The van der Waals surface area contributed by atoms with Crippen LogP contribution in [0.3, 0.4) is 0 Å². The first kappa shape index (κ1) is 24.6. The van der Waals surface area contributed by atoms with E-state index in [0.717, 1.165) is 47.3 Å². The minimum atomic E-state index is 0.0847. The van der Waals surface area contributed by atoms with Gasteiger partial charge in [0.25, 0.3) is 5.91 Å². The number of aryl methyl sites for hydroxylation is 1. The lowest BCUT2D eigenvalue weighted by Gasteiger charge is -2.31. The van der Waals surface area contributed by atoms with E-state index in [4.69, 9.17) is 14.9 Å². The van der Waals surface area contributed by atoms with Crippen molar-refractivity contribution in [1.29, 1.82) is 5.26 Å². The van der Waals surface area contributed by atoms with E-state index in [2.05, 4.69) is 28.1 Å². The number of carbonyl (C=O) groups is 1. The minimum absolute atomic E-state index is 0.0847. The van der Waals surface area contributed by atoms with Crippen LogP contribution >= 0.6 is 11.8 Å². The molecule has 2 saturated carbocycles. The molecule has 8 nitrogen and oxygen atoms in total. The van der Waals surface area contributed by atoms with Crippen molar-refractivity contribution in [2.45, 2.75) is 55.4 Å². The lowest BCUT2D eigenvalue weighted by molar-refractivity contribution is 0.0725. The van der Waals surface area contributed by atoms with Crippen molar-refractivity contribution in [1.82, 2.24) is 19.8 Å². The number of aliphatic hydroxyl groups is 1. The molecule has 6 rings (SSSR count). The summed E-state index contributed by atoms with van der Waals surface area (Å²) in [6.45, 7) is 3.51. The Bertz CT molecular complexity index is 1280. The monoisotopic (exact) mass is 505 g/mol. The summed E-state index contributed by atoms with van der Waals surface area (Å²) in [5.74, 6) is 0.812. The highest BCUT2D eigenvalue weighted by atomic mass is 32.2. The average molecular weight is 506 g/mol. The Labute approximate surface area is 215 Å². The van der Waals surface area contributed by atoms with Crippen molar-refractivity contribution in [3.63, 3.8) is 0 Å². The molecule has 1 N–H and O–H groups in total. The first-order valence-electron chi connectivity index (χ1n) is 12.5. The molecular weight excluding hydrogens is 474 g/mol.